The van der Waals surface area contributed by atoms with Gasteiger partial charge in [-0.3, -0.25) is 19.7 Å². The van der Waals surface area contributed by atoms with Crippen LogP contribution in [0, 0.1) is 11.8 Å². The van der Waals surface area contributed by atoms with Crippen molar-refractivity contribution < 1.29 is 24.6 Å². The zero-order chi connectivity index (χ0) is 20.9. The summed E-state index contributed by atoms with van der Waals surface area (Å²) in [6, 6.07) is 11.9. The minimum absolute atomic E-state index is 0.0671. The summed E-state index contributed by atoms with van der Waals surface area (Å²) in [7, 11) is 0. The molecule has 0 spiro atoms. The Morgan fingerprint density at radius 1 is 1.17 bits per heavy atom. The monoisotopic (exact) mass is 414 g/mol. The summed E-state index contributed by atoms with van der Waals surface area (Å²) < 4.78 is 0. The molecule has 2 amide bonds. The molecule has 0 aromatic heterocycles. The van der Waals surface area contributed by atoms with Crippen LogP contribution in [0.15, 0.2) is 48.5 Å². The average Bonchev–Trinajstić information content (AvgIpc) is 3.17. The van der Waals surface area contributed by atoms with E-state index in [2.05, 4.69) is 5.32 Å². The summed E-state index contributed by atoms with van der Waals surface area (Å²) in [4.78, 5) is 40.0. The van der Waals surface area contributed by atoms with Crippen LogP contribution in [0.25, 0.3) is 0 Å². The van der Waals surface area contributed by atoms with Crippen LogP contribution in [0.3, 0.4) is 0 Å². The van der Waals surface area contributed by atoms with Gasteiger partial charge in [0, 0.05) is 16.6 Å². The molecule has 2 aromatic carbocycles. The number of fused-ring (bicyclic) bond motifs is 1. The van der Waals surface area contributed by atoms with Crippen LogP contribution in [-0.4, -0.2) is 33.5 Å². The molecule has 4 atom stereocenters. The molecule has 8 heteroatoms. The Morgan fingerprint density at radius 2 is 1.90 bits per heavy atom. The lowest BCUT2D eigenvalue weighted by atomic mass is 9.78. The van der Waals surface area contributed by atoms with Gasteiger partial charge in [0.15, 0.2) is 0 Å². The molecule has 29 heavy (non-hydrogen) atoms. The molecule has 2 heterocycles. The third-order valence-electron chi connectivity index (χ3n) is 5.93. The molecule has 0 unspecified atom stereocenters. The third-order valence-corrected chi connectivity index (χ3v) is 6.17. The first kappa shape index (κ1) is 19.4. The molecule has 2 aliphatic heterocycles. The highest BCUT2D eigenvalue weighted by Crippen LogP contribution is 2.52. The van der Waals surface area contributed by atoms with Gasteiger partial charge in [0.25, 0.3) is 0 Å². The number of carboxylic acids is 1. The number of anilines is 1. The Labute approximate surface area is 171 Å². The molecular weight excluding hydrogens is 396 g/mol. The average molecular weight is 415 g/mol. The Hall–Kier alpha value is -2.90. The van der Waals surface area contributed by atoms with Gasteiger partial charge < -0.3 is 10.2 Å². The number of amides is 2. The maximum atomic E-state index is 13.4. The van der Waals surface area contributed by atoms with Crippen LogP contribution >= 0.6 is 11.6 Å². The lowest BCUT2D eigenvalue weighted by molar-refractivity contribution is -0.149. The largest absolute Gasteiger partial charge is 0.508 e. The quantitative estimate of drug-likeness (QED) is 0.664. The number of imide groups is 1. The smallest absolute Gasteiger partial charge is 0.324 e. The van der Waals surface area contributed by atoms with E-state index in [0.717, 1.165) is 4.90 Å². The third kappa shape index (κ3) is 2.73. The summed E-state index contributed by atoms with van der Waals surface area (Å²) >= 11 is 6.03. The molecule has 7 nitrogen and oxygen atoms in total. The van der Waals surface area contributed by atoms with Crippen molar-refractivity contribution in [2.45, 2.75) is 24.9 Å². The molecule has 2 aromatic rings. The highest BCUT2D eigenvalue weighted by atomic mass is 35.5. The number of rotatable bonds is 4. The standard InChI is InChI=1S/C21H19ClN2O5/c1-2-21(20(28)29)16-15(17(23-21)13-8-3-4-9-14(13)25)18(26)24(19(16)27)12-7-5-6-11(22)10-12/h3-10,15-17,23,25H,2H2,1H3,(H,28,29)/t15-,16-,17-,21+/m1/s1. The second-order valence-corrected chi connectivity index (χ2v) is 7.74. The van der Waals surface area contributed by atoms with E-state index < -0.39 is 41.2 Å². The first-order valence-corrected chi connectivity index (χ1v) is 9.62. The number of aromatic hydroxyl groups is 1. The Morgan fingerprint density at radius 3 is 2.52 bits per heavy atom. The fourth-order valence-electron chi connectivity index (χ4n) is 4.56. The topological polar surface area (TPSA) is 107 Å². The van der Waals surface area contributed by atoms with Crippen LogP contribution in [0.4, 0.5) is 5.69 Å². The van der Waals surface area contributed by atoms with E-state index in [-0.39, 0.29) is 12.2 Å². The molecule has 0 radical (unpaired) electrons. The Balaban J connectivity index is 1.88. The molecule has 2 saturated heterocycles. The van der Waals surface area contributed by atoms with Crippen LogP contribution in [0.1, 0.15) is 24.9 Å². The van der Waals surface area contributed by atoms with E-state index in [9.17, 15) is 24.6 Å². The molecule has 0 saturated carbocycles. The molecule has 4 rings (SSSR count). The molecule has 150 valence electrons. The van der Waals surface area contributed by atoms with Gasteiger partial charge in [-0.15, -0.1) is 0 Å². The number of nitrogens with one attached hydrogen (secondary N) is 1. The van der Waals surface area contributed by atoms with Crippen molar-refractivity contribution in [2.24, 2.45) is 11.8 Å². The molecule has 0 bridgehead atoms. The molecular formula is C21H19ClN2O5. The number of phenols is 1. The van der Waals surface area contributed by atoms with Gasteiger partial charge in [-0.1, -0.05) is 42.8 Å². The second-order valence-electron chi connectivity index (χ2n) is 7.31. The minimum Gasteiger partial charge on any atom is -0.508 e. The number of carbonyl (C=O) groups excluding carboxylic acids is 2. The molecule has 2 aliphatic rings. The van der Waals surface area contributed by atoms with Crippen LogP contribution < -0.4 is 10.2 Å². The predicted octanol–water partition coefficient (Wildman–Crippen LogP) is 2.73. The van der Waals surface area contributed by atoms with Crippen molar-refractivity contribution in [3.05, 3.63) is 59.1 Å². The number of benzene rings is 2. The second kappa shape index (κ2) is 6.86. The van der Waals surface area contributed by atoms with E-state index in [1.54, 1.807) is 43.3 Å². The lowest BCUT2D eigenvalue weighted by Gasteiger charge is -2.30. The lowest BCUT2D eigenvalue weighted by Crippen LogP contribution is -2.55. The number of hydrogen-bond acceptors (Lipinski definition) is 5. The minimum atomic E-state index is -1.63. The van der Waals surface area contributed by atoms with E-state index in [1.807, 2.05) is 0 Å². The van der Waals surface area contributed by atoms with Gasteiger partial charge in [0.1, 0.15) is 11.3 Å². The number of nitrogens with zero attached hydrogens (tertiary/aromatic N) is 1. The summed E-state index contributed by atoms with van der Waals surface area (Å²) in [6.07, 6.45) is 0.0933. The number of aliphatic carboxylic acids is 1. The molecule has 3 N–H and O–H groups in total. The van der Waals surface area contributed by atoms with Gasteiger partial charge in [0.05, 0.1) is 17.5 Å². The normalized spacial score (nSPS) is 28.6. The van der Waals surface area contributed by atoms with Crippen LogP contribution in [0.2, 0.25) is 5.02 Å². The van der Waals surface area contributed by atoms with Crippen molar-refractivity contribution in [2.75, 3.05) is 4.90 Å². The highest BCUT2D eigenvalue weighted by molar-refractivity contribution is 6.31. The van der Waals surface area contributed by atoms with E-state index in [1.165, 1.54) is 12.1 Å². The van der Waals surface area contributed by atoms with Gasteiger partial charge >= 0.3 is 5.97 Å². The predicted molar refractivity (Wildman–Crippen MR) is 106 cm³/mol. The zero-order valence-electron chi connectivity index (χ0n) is 15.5. The maximum Gasteiger partial charge on any atom is 0.324 e. The number of carboxylic acid groups (broad SMARTS) is 1. The van der Waals surface area contributed by atoms with Crippen molar-refractivity contribution in [3.8, 4) is 5.75 Å². The van der Waals surface area contributed by atoms with E-state index in [4.69, 9.17) is 11.6 Å². The van der Waals surface area contributed by atoms with Crippen molar-refractivity contribution in [1.29, 1.82) is 0 Å². The van der Waals surface area contributed by atoms with Gasteiger partial charge in [0.2, 0.25) is 11.8 Å². The molecule has 0 aliphatic carbocycles. The fourth-order valence-corrected chi connectivity index (χ4v) is 4.75. The van der Waals surface area contributed by atoms with Crippen LogP contribution in [-0.2, 0) is 14.4 Å². The van der Waals surface area contributed by atoms with Crippen molar-refractivity contribution in [1.82, 2.24) is 5.32 Å². The summed E-state index contributed by atoms with van der Waals surface area (Å²) in [6.45, 7) is 1.66. The number of para-hydroxylation sites is 1. The van der Waals surface area contributed by atoms with Crippen molar-refractivity contribution in [3.63, 3.8) is 0 Å². The van der Waals surface area contributed by atoms with Crippen LogP contribution in [0.5, 0.6) is 5.75 Å². The number of hydrogen-bond donors (Lipinski definition) is 3. The van der Waals surface area contributed by atoms with Gasteiger partial charge in [-0.05, 0) is 30.7 Å². The van der Waals surface area contributed by atoms with E-state index in [0.29, 0.717) is 16.3 Å². The zero-order valence-corrected chi connectivity index (χ0v) is 16.3. The summed E-state index contributed by atoms with van der Waals surface area (Å²) in [5, 5.41) is 23.7. The summed E-state index contributed by atoms with van der Waals surface area (Å²) in [5.74, 6) is -4.45. The van der Waals surface area contributed by atoms with Gasteiger partial charge in [-0.25, -0.2) is 4.90 Å². The first-order valence-electron chi connectivity index (χ1n) is 9.24. The van der Waals surface area contributed by atoms with Crippen molar-refractivity contribution >= 4 is 35.1 Å². The number of carbonyl (C=O) groups is 3. The Bertz CT molecular complexity index is 1030. The molecule has 2 fully saturated rings. The fraction of sp³-hybridized carbons (Fsp3) is 0.286. The van der Waals surface area contributed by atoms with Gasteiger partial charge in [-0.2, -0.15) is 0 Å². The van der Waals surface area contributed by atoms with E-state index >= 15 is 0 Å². The SMILES string of the molecule is CC[C@]1(C(=O)O)N[C@H](c2ccccc2O)[C@@H]2C(=O)N(c3cccc(Cl)c3)C(=O)[C@@H]21. The highest BCUT2D eigenvalue weighted by Gasteiger charge is 2.68. The number of halogens is 1. The first-order chi connectivity index (χ1) is 13.8. The maximum absolute atomic E-state index is 13.4. The summed E-state index contributed by atoms with van der Waals surface area (Å²) in [5.41, 5.74) is -0.945. The Kier molecular flexibility index (Phi) is 4.59. The number of phenolic OH excluding ortho intramolecular Hbond substituents is 1.